The number of hydrogen-bond donors (Lipinski definition) is 1. The highest BCUT2D eigenvalue weighted by molar-refractivity contribution is 9.10. The first-order valence-electron chi connectivity index (χ1n) is 8.30. The second kappa shape index (κ2) is 12.4. The van der Waals surface area contributed by atoms with E-state index in [4.69, 9.17) is 0 Å². The summed E-state index contributed by atoms with van der Waals surface area (Å²) >= 11 is 3.38. The molecule has 0 radical (unpaired) electrons. The number of rotatable bonds is 11. The summed E-state index contributed by atoms with van der Waals surface area (Å²) in [6.07, 6.45) is 12.2. The van der Waals surface area contributed by atoms with Gasteiger partial charge in [0.25, 0.3) is 0 Å². The lowest BCUT2D eigenvalue weighted by atomic mass is 10.1. The maximum Gasteiger partial charge on any atom is 0.240 e. The summed E-state index contributed by atoms with van der Waals surface area (Å²) in [6, 6.07) is 7.78. The Morgan fingerprint density at radius 2 is 1.64 bits per heavy atom. The highest BCUT2D eigenvalue weighted by atomic mass is 79.9. The fourth-order valence-electron chi connectivity index (χ4n) is 2.20. The summed E-state index contributed by atoms with van der Waals surface area (Å²) in [5.74, 6) is -0.000607. The number of nitrogens with one attached hydrogen (secondary N) is 1. The number of nitrogens with zero attached hydrogens (tertiary/aromatic N) is 1. The van der Waals surface area contributed by atoms with E-state index in [2.05, 4.69) is 33.4 Å². The van der Waals surface area contributed by atoms with Gasteiger partial charge in [-0.25, -0.2) is 5.43 Å². The van der Waals surface area contributed by atoms with Crippen molar-refractivity contribution in [3.63, 3.8) is 0 Å². The highest BCUT2D eigenvalue weighted by Crippen LogP contribution is 2.10. The maximum absolute atomic E-state index is 11.6. The number of benzene rings is 1. The number of carbonyl (C=O) groups is 1. The van der Waals surface area contributed by atoms with Crippen LogP contribution in [0.2, 0.25) is 0 Å². The summed E-state index contributed by atoms with van der Waals surface area (Å²) in [7, 11) is 0. The van der Waals surface area contributed by atoms with E-state index < -0.39 is 0 Å². The zero-order valence-electron chi connectivity index (χ0n) is 13.5. The van der Waals surface area contributed by atoms with Crippen molar-refractivity contribution in [3.05, 3.63) is 34.3 Å². The lowest BCUT2D eigenvalue weighted by molar-refractivity contribution is -0.121. The molecule has 0 unspecified atom stereocenters. The minimum atomic E-state index is -0.000607. The number of unbranched alkanes of at least 4 members (excludes halogenated alkanes) is 7. The van der Waals surface area contributed by atoms with Crippen LogP contribution in [-0.4, -0.2) is 12.1 Å². The van der Waals surface area contributed by atoms with Crippen LogP contribution in [0, 0.1) is 0 Å². The molecule has 0 bridgehead atoms. The molecule has 1 aromatic rings. The molecule has 122 valence electrons. The molecule has 1 aromatic carbocycles. The molecule has 0 fully saturated rings. The van der Waals surface area contributed by atoms with E-state index in [0.29, 0.717) is 6.42 Å². The Bertz CT molecular complexity index is 443. The van der Waals surface area contributed by atoms with Gasteiger partial charge in [-0.1, -0.05) is 79.9 Å². The van der Waals surface area contributed by atoms with E-state index in [9.17, 15) is 4.79 Å². The lowest BCUT2D eigenvalue weighted by Gasteiger charge is -2.01. The zero-order valence-corrected chi connectivity index (χ0v) is 15.1. The van der Waals surface area contributed by atoms with Crippen LogP contribution in [0.5, 0.6) is 0 Å². The predicted octanol–water partition coefficient (Wildman–Crippen LogP) is 5.43. The van der Waals surface area contributed by atoms with Crippen molar-refractivity contribution in [2.75, 3.05) is 0 Å². The van der Waals surface area contributed by atoms with Crippen LogP contribution < -0.4 is 5.43 Å². The smallest absolute Gasteiger partial charge is 0.240 e. The molecule has 3 nitrogen and oxygen atoms in total. The predicted molar refractivity (Wildman–Crippen MR) is 97.1 cm³/mol. The minimum absolute atomic E-state index is 0.000607. The number of hydrogen-bond acceptors (Lipinski definition) is 2. The summed E-state index contributed by atoms with van der Waals surface area (Å²) in [5.41, 5.74) is 3.55. The lowest BCUT2D eigenvalue weighted by Crippen LogP contribution is -2.16. The van der Waals surface area contributed by atoms with Crippen LogP contribution in [0.4, 0.5) is 0 Å². The van der Waals surface area contributed by atoms with Gasteiger partial charge < -0.3 is 0 Å². The van der Waals surface area contributed by atoms with Gasteiger partial charge in [0.2, 0.25) is 5.91 Å². The van der Waals surface area contributed by atoms with Crippen molar-refractivity contribution in [2.24, 2.45) is 5.10 Å². The molecular formula is C18H27BrN2O. The average Bonchev–Trinajstić information content (AvgIpc) is 2.52. The first-order chi connectivity index (χ1) is 10.7. The molecule has 0 saturated carbocycles. The zero-order chi connectivity index (χ0) is 16.0. The molecule has 0 aromatic heterocycles. The standard InChI is InChI=1S/C18H27BrN2O/c1-2-3-4-5-6-7-8-9-10-18(22)21-20-15-16-11-13-17(19)14-12-16/h11-15H,2-10H2,1H3,(H,21,22)/b20-15+. The van der Waals surface area contributed by atoms with Crippen LogP contribution in [0.15, 0.2) is 33.8 Å². The van der Waals surface area contributed by atoms with Gasteiger partial charge in [-0.2, -0.15) is 5.10 Å². The molecule has 22 heavy (non-hydrogen) atoms. The van der Waals surface area contributed by atoms with Crippen LogP contribution in [0.3, 0.4) is 0 Å². The van der Waals surface area contributed by atoms with Crippen molar-refractivity contribution < 1.29 is 4.79 Å². The van der Waals surface area contributed by atoms with Gasteiger partial charge in [0, 0.05) is 10.9 Å². The monoisotopic (exact) mass is 366 g/mol. The molecule has 4 heteroatoms. The summed E-state index contributed by atoms with van der Waals surface area (Å²) in [4.78, 5) is 11.6. The van der Waals surface area contributed by atoms with Crippen LogP contribution in [0.1, 0.15) is 70.3 Å². The van der Waals surface area contributed by atoms with Crippen molar-refractivity contribution in [2.45, 2.75) is 64.7 Å². The first-order valence-corrected chi connectivity index (χ1v) is 9.09. The van der Waals surface area contributed by atoms with Crippen molar-refractivity contribution in [1.82, 2.24) is 5.43 Å². The Labute approximate surface area is 142 Å². The Morgan fingerprint density at radius 3 is 2.27 bits per heavy atom. The number of halogens is 1. The van der Waals surface area contributed by atoms with Gasteiger partial charge >= 0.3 is 0 Å². The van der Waals surface area contributed by atoms with E-state index in [1.807, 2.05) is 24.3 Å². The molecule has 0 aliphatic heterocycles. The SMILES string of the molecule is CCCCCCCCCCC(=O)N/N=C/c1ccc(Br)cc1. The largest absolute Gasteiger partial charge is 0.273 e. The molecule has 0 atom stereocenters. The Balaban J connectivity index is 2.02. The first kappa shape index (κ1) is 18.9. The van der Waals surface area contributed by atoms with Gasteiger partial charge in [-0.15, -0.1) is 0 Å². The number of carbonyl (C=O) groups excluding carboxylic acids is 1. The second-order valence-electron chi connectivity index (χ2n) is 5.57. The van der Waals surface area contributed by atoms with E-state index in [0.717, 1.165) is 22.9 Å². The Morgan fingerprint density at radius 1 is 1.05 bits per heavy atom. The van der Waals surface area contributed by atoms with Crippen LogP contribution >= 0.6 is 15.9 Å². The molecule has 0 spiro atoms. The molecule has 0 heterocycles. The molecule has 1 N–H and O–H groups in total. The molecule has 0 aliphatic carbocycles. The molecular weight excluding hydrogens is 340 g/mol. The van der Waals surface area contributed by atoms with E-state index in [1.54, 1.807) is 6.21 Å². The van der Waals surface area contributed by atoms with Crippen molar-refractivity contribution in [1.29, 1.82) is 0 Å². The topological polar surface area (TPSA) is 41.5 Å². The summed E-state index contributed by atoms with van der Waals surface area (Å²) in [6.45, 7) is 2.23. The van der Waals surface area contributed by atoms with Crippen LogP contribution in [0.25, 0.3) is 0 Å². The van der Waals surface area contributed by atoms with Crippen molar-refractivity contribution in [3.8, 4) is 0 Å². The fraction of sp³-hybridized carbons (Fsp3) is 0.556. The quantitative estimate of drug-likeness (QED) is 0.316. The number of hydrazone groups is 1. The van der Waals surface area contributed by atoms with Gasteiger partial charge in [-0.05, 0) is 24.1 Å². The van der Waals surface area contributed by atoms with Gasteiger partial charge in [0.05, 0.1) is 6.21 Å². The molecule has 0 saturated heterocycles. The van der Waals surface area contributed by atoms with Gasteiger partial charge in [0.15, 0.2) is 0 Å². The fourth-order valence-corrected chi connectivity index (χ4v) is 2.47. The third-order valence-electron chi connectivity index (χ3n) is 3.53. The second-order valence-corrected chi connectivity index (χ2v) is 6.49. The molecule has 1 amide bonds. The van der Waals surface area contributed by atoms with Gasteiger partial charge in [0.1, 0.15) is 0 Å². The number of amides is 1. The summed E-state index contributed by atoms with van der Waals surface area (Å²) in [5, 5.41) is 3.98. The normalized spacial score (nSPS) is 11.0. The third kappa shape index (κ3) is 9.72. The average molecular weight is 367 g/mol. The Hall–Kier alpha value is -1.16. The molecule has 1 rings (SSSR count). The van der Waals surface area contributed by atoms with E-state index >= 15 is 0 Å². The van der Waals surface area contributed by atoms with Crippen LogP contribution in [-0.2, 0) is 4.79 Å². The highest BCUT2D eigenvalue weighted by Gasteiger charge is 1.99. The Kier molecular flexibility index (Phi) is 10.6. The minimum Gasteiger partial charge on any atom is -0.273 e. The molecule has 0 aliphatic rings. The maximum atomic E-state index is 11.6. The third-order valence-corrected chi connectivity index (χ3v) is 4.06. The van der Waals surface area contributed by atoms with E-state index in [1.165, 1.54) is 38.5 Å². The summed E-state index contributed by atoms with van der Waals surface area (Å²) < 4.78 is 1.03. The van der Waals surface area contributed by atoms with Gasteiger partial charge in [-0.3, -0.25) is 4.79 Å². The van der Waals surface area contributed by atoms with E-state index in [-0.39, 0.29) is 5.91 Å². The van der Waals surface area contributed by atoms with Crippen molar-refractivity contribution >= 4 is 28.1 Å².